The molecular formula is C24H22ClN3O3. The summed E-state index contributed by atoms with van der Waals surface area (Å²) in [6.07, 6.45) is 4.40. The van der Waals surface area contributed by atoms with Crippen molar-refractivity contribution in [3.8, 4) is 11.8 Å². The number of methoxy groups -OCH3 is 1. The molecular weight excluding hydrogens is 414 g/mol. The van der Waals surface area contributed by atoms with E-state index in [1.54, 1.807) is 47.4 Å². The second-order valence-electron chi connectivity index (χ2n) is 7.85. The Hall–Kier alpha value is -3.17. The first-order valence-corrected chi connectivity index (χ1v) is 10.6. The molecule has 7 heteroatoms. The van der Waals surface area contributed by atoms with Crippen LogP contribution in [0.4, 0.5) is 0 Å². The fourth-order valence-corrected chi connectivity index (χ4v) is 4.48. The van der Waals surface area contributed by atoms with Crippen molar-refractivity contribution in [2.75, 3.05) is 13.7 Å². The van der Waals surface area contributed by atoms with E-state index in [9.17, 15) is 14.9 Å². The van der Waals surface area contributed by atoms with Crippen LogP contribution in [0.25, 0.3) is 0 Å². The first kappa shape index (κ1) is 21.1. The highest BCUT2D eigenvalue weighted by Gasteiger charge is 2.48. The van der Waals surface area contributed by atoms with Gasteiger partial charge >= 0.3 is 0 Å². The summed E-state index contributed by atoms with van der Waals surface area (Å²) in [5.41, 5.74) is 0.839. The maximum Gasteiger partial charge on any atom is 0.275 e. The van der Waals surface area contributed by atoms with Crippen molar-refractivity contribution in [3.63, 3.8) is 0 Å². The van der Waals surface area contributed by atoms with Gasteiger partial charge in [0.1, 0.15) is 17.1 Å². The molecule has 158 valence electrons. The van der Waals surface area contributed by atoms with Gasteiger partial charge in [-0.15, -0.1) is 0 Å². The Bertz CT molecular complexity index is 1100. The van der Waals surface area contributed by atoms with Crippen molar-refractivity contribution < 1.29 is 14.3 Å². The zero-order valence-corrected chi connectivity index (χ0v) is 18.0. The van der Waals surface area contributed by atoms with E-state index < -0.39 is 5.66 Å². The van der Waals surface area contributed by atoms with Gasteiger partial charge in [-0.05, 0) is 56.0 Å². The largest absolute Gasteiger partial charge is 0.497 e. The topological polar surface area (TPSA) is 82.8 Å². The highest BCUT2D eigenvalue weighted by molar-refractivity contribution is 6.47. The molecule has 0 radical (unpaired) electrons. The number of nitrogens with zero attached hydrogens (tertiary/aromatic N) is 3. The molecule has 0 bridgehead atoms. The van der Waals surface area contributed by atoms with E-state index in [1.807, 2.05) is 0 Å². The van der Waals surface area contributed by atoms with Gasteiger partial charge in [0.2, 0.25) is 0 Å². The van der Waals surface area contributed by atoms with Crippen molar-refractivity contribution in [1.29, 1.82) is 5.26 Å². The number of halogens is 1. The van der Waals surface area contributed by atoms with Crippen LogP contribution >= 0.6 is 11.6 Å². The van der Waals surface area contributed by atoms with E-state index in [0.717, 1.165) is 19.3 Å². The lowest BCUT2D eigenvalue weighted by atomic mass is 9.88. The minimum Gasteiger partial charge on any atom is -0.497 e. The smallest absolute Gasteiger partial charge is 0.275 e. The summed E-state index contributed by atoms with van der Waals surface area (Å²) in [4.78, 5) is 33.1. The monoisotopic (exact) mass is 435 g/mol. The molecule has 2 aliphatic rings. The number of ether oxygens (including phenoxy) is 1. The van der Waals surface area contributed by atoms with Crippen molar-refractivity contribution in [1.82, 2.24) is 4.90 Å². The van der Waals surface area contributed by atoms with E-state index in [-0.39, 0.29) is 29.4 Å². The number of hydrogen-bond donors (Lipinski definition) is 0. The highest BCUT2D eigenvalue weighted by Crippen LogP contribution is 2.40. The van der Waals surface area contributed by atoms with Gasteiger partial charge < -0.3 is 9.64 Å². The Kier molecular flexibility index (Phi) is 5.79. The Morgan fingerprint density at radius 2 is 1.90 bits per heavy atom. The van der Waals surface area contributed by atoms with Crippen LogP contribution in [0, 0.1) is 11.3 Å². The van der Waals surface area contributed by atoms with Gasteiger partial charge in [-0.2, -0.15) is 5.26 Å². The molecule has 1 amide bonds. The van der Waals surface area contributed by atoms with E-state index in [1.165, 1.54) is 7.11 Å². The second-order valence-corrected chi connectivity index (χ2v) is 8.28. The van der Waals surface area contributed by atoms with Gasteiger partial charge in [0.15, 0.2) is 5.78 Å². The number of aliphatic imine (C=N–C) groups is 1. The lowest BCUT2D eigenvalue weighted by Crippen LogP contribution is -2.50. The molecule has 4 rings (SSSR count). The molecule has 6 nitrogen and oxygen atoms in total. The van der Waals surface area contributed by atoms with Crippen molar-refractivity contribution in [2.45, 2.75) is 37.8 Å². The average molecular weight is 436 g/mol. The Labute approximate surface area is 186 Å². The van der Waals surface area contributed by atoms with Crippen molar-refractivity contribution >= 4 is 29.0 Å². The van der Waals surface area contributed by atoms with Crippen LogP contribution in [0.5, 0.6) is 5.75 Å². The Morgan fingerprint density at radius 1 is 1.19 bits per heavy atom. The summed E-state index contributed by atoms with van der Waals surface area (Å²) in [6.45, 7) is -0.138. The molecule has 0 N–H and O–H groups in total. The summed E-state index contributed by atoms with van der Waals surface area (Å²) in [7, 11) is 1.50. The number of carbonyl (C=O) groups is 2. The molecule has 0 aromatic heterocycles. The first-order valence-electron chi connectivity index (χ1n) is 10.3. The van der Waals surface area contributed by atoms with Crippen LogP contribution in [0.1, 0.15) is 53.6 Å². The number of hydrogen-bond acceptors (Lipinski definition) is 5. The fraction of sp³-hybridized carbons (Fsp3) is 0.333. The van der Waals surface area contributed by atoms with Crippen molar-refractivity contribution in [2.24, 2.45) is 4.99 Å². The molecule has 1 heterocycles. The molecule has 2 aromatic carbocycles. The van der Waals surface area contributed by atoms with E-state index in [2.05, 4.69) is 6.07 Å². The van der Waals surface area contributed by atoms with Gasteiger partial charge in [0.05, 0.1) is 25.3 Å². The first-order chi connectivity index (χ1) is 15.0. The summed E-state index contributed by atoms with van der Waals surface area (Å²) in [5.74, 6) is -0.0825. The lowest BCUT2D eigenvalue weighted by Gasteiger charge is -2.38. The molecule has 0 atom stereocenters. The number of nitriles is 1. The minimum atomic E-state index is -0.717. The van der Waals surface area contributed by atoms with Gasteiger partial charge in [-0.1, -0.05) is 30.2 Å². The molecule has 0 saturated heterocycles. The maximum absolute atomic E-state index is 13.4. The minimum absolute atomic E-state index is 0.138. The zero-order chi connectivity index (χ0) is 22.0. The number of ketones is 1. The van der Waals surface area contributed by atoms with Gasteiger partial charge in [-0.3, -0.25) is 14.6 Å². The normalized spacial score (nSPS) is 17.4. The number of amides is 1. The number of benzene rings is 2. The third-order valence-electron chi connectivity index (χ3n) is 5.99. The van der Waals surface area contributed by atoms with E-state index in [4.69, 9.17) is 21.3 Å². The average Bonchev–Trinajstić information content (AvgIpc) is 3.05. The molecule has 1 saturated carbocycles. The predicted octanol–water partition coefficient (Wildman–Crippen LogP) is 4.39. The second kappa shape index (κ2) is 8.52. The molecule has 1 fully saturated rings. The van der Waals surface area contributed by atoms with Crippen LogP contribution in [-0.2, 0) is 4.79 Å². The Morgan fingerprint density at radius 3 is 2.55 bits per heavy atom. The molecule has 0 unspecified atom stereocenters. The van der Waals surface area contributed by atoms with E-state index in [0.29, 0.717) is 34.9 Å². The van der Waals surface area contributed by atoms with Gasteiger partial charge in [-0.25, -0.2) is 0 Å². The summed E-state index contributed by atoms with van der Waals surface area (Å²) in [5, 5.41) is 10.0. The van der Waals surface area contributed by atoms with Crippen LogP contribution in [0.2, 0.25) is 5.02 Å². The summed E-state index contributed by atoms with van der Waals surface area (Å²) < 4.78 is 5.21. The molecule has 1 spiro atoms. The number of Topliss-reactive ketones (excluding diaryl/α,β-unsaturated/α-hetero) is 1. The molecule has 31 heavy (non-hydrogen) atoms. The number of carbonyl (C=O) groups excluding carboxylic acids is 2. The van der Waals surface area contributed by atoms with Crippen LogP contribution in [0.15, 0.2) is 47.5 Å². The fourth-order valence-electron chi connectivity index (χ4n) is 4.35. The molecule has 2 aromatic rings. The predicted molar refractivity (Wildman–Crippen MR) is 118 cm³/mol. The van der Waals surface area contributed by atoms with Crippen LogP contribution < -0.4 is 4.74 Å². The molecule has 1 aliphatic carbocycles. The van der Waals surface area contributed by atoms with E-state index >= 15 is 0 Å². The Balaban J connectivity index is 1.69. The van der Waals surface area contributed by atoms with Crippen molar-refractivity contribution in [3.05, 3.63) is 64.2 Å². The SMILES string of the molecule is COc1ccc(C#N)c(C(=O)CN2C(=O)C(c3ccc(Cl)cc3)=NC23CCCCC3)c1. The van der Waals surface area contributed by atoms with Gasteiger partial charge in [0.25, 0.3) is 5.91 Å². The maximum atomic E-state index is 13.4. The lowest BCUT2D eigenvalue weighted by molar-refractivity contribution is -0.128. The molecule has 1 aliphatic heterocycles. The zero-order valence-electron chi connectivity index (χ0n) is 17.2. The van der Waals surface area contributed by atoms with Crippen LogP contribution in [0.3, 0.4) is 0 Å². The van der Waals surface area contributed by atoms with Gasteiger partial charge in [0, 0.05) is 16.1 Å². The summed E-state index contributed by atoms with van der Waals surface area (Å²) in [6, 6.07) is 13.8. The van der Waals surface area contributed by atoms with Crippen LogP contribution in [-0.4, -0.2) is 41.6 Å². The number of rotatable bonds is 5. The third kappa shape index (κ3) is 3.94. The highest BCUT2D eigenvalue weighted by atomic mass is 35.5. The third-order valence-corrected chi connectivity index (χ3v) is 6.24. The standard InChI is InChI=1S/C24H22ClN3O3/c1-31-19-10-7-17(14-26)20(13-19)21(29)15-28-23(30)22(16-5-8-18(25)9-6-16)27-24(28)11-3-2-4-12-24/h5-10,13H,2-4,11-12,15H2,1H3. The summed E-state index contributed by atoms with van der Waals surface area (Å²) >= 11 is 6.00. The quantitative estimate of drug-likeness (QED) is 0.652.